The van der Waals surface area contributed by atoms with Crippen molar-refractivity contribution in [1.29, 1.82) is 0 Å². The van der Waals surface area contributed by atoms with E-state index in [0.717, 1.165) is 25.9 Å². The second kappa shape index (κ2) is 7.45. The van der Waals surface area contributed by atoms with E-state index >= 15 is 0 Å². The van der Waals surface area contributed by atoms with Gasteiger partial charge in [-0.1, -0.05) is 13.8 Å². The third-order valence-corrected chi connectivity index (χ3v) is 6.05. The Hall–Kier alpha value is -0.810. The minimum atomic E-state index is -2.84. The van der Waals surface area contributed by atoms with E-state index in [1.54, 1.807) is 6.92 Å². The van der Waals surface area contributed by atoms with Crippen LogP contribution in [0.15, 0.2) is 12.4 Å². The van der Waals surface area contributed by atoms with Gasteiger partial charge in [-0.3, -0.25) is 0 Å². The Bertz CT molecular complexity index is 549. The van der Waals surface area contributed by atoms with Gasteiger partial charge in [0.25, 0.3) is 0 Å². The summed E-state index contributed by atoms with van der Waals surface area (Å²) in [5.74, 6) is 0.544. The highest BCUT2D eigenvalue weighted by molar-refractivity contribution is 7.91. The van der Waals surface area contributed by atoms with E-state index in [1.165, 1.54) is 24.0 Å². The molecule has 0 aromatic carbocycles. The molecule has 1 heterocycles. The summed E-state index contributed by atoms with van der Waals surface area (Å²) in [5.41, 5.74) is 2.86. The van der Waals surface area contributed by atoms with Gasteiger partial charge in [-0.25, -0.2) is 8.42 Å². The molecular weight excluding hydrogens is 284 g/mol. The quantitative estimate of drug-likeness (QED) is 0.803. The van der Waals surface area contributed by atoms with Gasteiger partial charge in [0.2, 0.25) is 0 Å². The first-order valence-electron chi connectivity index (χ1n) is 8.18. The maximum atomic E-state index is 11.5. The van der Waals surface area contributed by atoms with Gasteiger partial charge in [0.15, 0.2) is 0 Å². The number of aryl methyl sites for hydroxylation is 2. The van der Waals surface area contributed by atoms with Gasteiger partial charge in [0.05, 0.1) is 5.75 Å². The van der Waals surface area contributed by atoms with E-state index in [9.17, 15) is 8.42 Å². The smallest absolute Gasteiger partial charge is 0.150 e. The lowest BCUT2D eigenvalue weighted by atomic mass is 9.91. The van der Waals surface area contributed by atoms with Crippen LogP contribution in [-0.4, -0.2) is 31.0 Å². The van der Waals surface area contributed by atoms with Crippen molar-refractivity contribution in [3.63, 3.8) is 0 Å². The Morgan fingerprint density at radius 2 is 2.14 bits per heavy atom. The summed E-state index contributed by atoms with van der Waals surface area (Å²) < 4.78 is 25.3. The standard InChI is InChI=1S/C16H28N2O2S/c1-3-9-17-16-8-5-7-14-12-18(13-15(14)16)10-6-11-21(19,20)4-2/h12-13,16-17H,3-11H2,1-2H3. The van der Waals surface area contributed by atoms with E-state index < -0.39 is 9.84 Å². The van der Waals surface area contributed by atoms with E-state index in [2.05, 4.69) is 29.2 Å². The molecule has 1 aliphatic rings. The highest BCUT2D eigenvalue weighted by atomic mass is 32.2. The number of hydrogen-bond donors (Lipinski definition) is 1. The zero-order valence-corrected chi connectivity index (χ0v) is 14.1. The molecule has 21 heavy (non-hydrogen) atoms. The molecule has 0 amide bonds. The van der Waals surface area contributed by atoms with E-state index in [0.29, 0.717) is 18.2 Å². The van der Waals surface area contributed by atoms with E-state index in [4.69, 9.17) is 0 Å². The lowest BCUT2D eigenvalue weighted by Crippen LogP contribution is -2.24. The molecule has 120 valence electrons. The molecule has 0 radical (unpaired) electrons. The monoisotopic (exact) mass is 312 g/mol. The highest BCUT2D eigenvalue weighted by Gasteiger charge is 2.21. The molecule has 4 nitrogen and oxygen atoms in total. The van der Waals surface area contributed by atoms with Crippen molar-refractivity contribution < 1.29 is 8.42 Å². The first-order valence-corrected chi connectivity index (χ1v) is 10.00. The number of nitrogens with one attached hydrogen (secondary N) is 1. The molecule has 1 unspecified atom stereocenters. The van der Waals surface area contributed by atoms with Crippen LogP contribution in [0.4, 0.5) is 0 Å². The zero-order valence-electron chi connectivity index (χ0n) is 13.3. The predicted octanol–water partition coefficient (Wildman–Crippen LogP) is 2.69. The molecule has 1 aromatic rings. The SMILES string of the molecule is CCCNC1CCCc2cn(CCCS(=O)(=O)CC)cc21. The molecule has 0 saturated heterocycles. The molecule has 1 aromatic heterocycles. The van der Waals surface area contributed by atoms with Gasteiger partial charge in [0.1, 0.15) is 9.84 Å². The molecule has 0 saturated carbocycles. The summed E-state index contributed by atoms with van der Waals surface area (Å²) in [6.07, 6.45) is 9.90. The van der Waals surface area contributed by atoms with Crippen LogP contribution in [0.3, 0.4) is 0 Å². The van der Waals surface area contributed by atoms with Crippen LogP contribution in [0.2, 0.25) is 0 Å². The molecule has 2 rings (SSSR count). The van der Waals surface area contributed by atoms with Crippen molar-refractivity contribution in [2.24, 2.45) is 0 Å². The summed E-state index contributed by atoms with van der Waals surface area (Å²) in [5, 5.41) is 3.62. The molecule has 0 spiro atoms. The maximum absolute atomic E-state index is 11.5. The maximum Gasteiger partial charge on any atom is 0.150 e. The molecular formula is C16H28N2O2S. The van der Waals surface area contributed by atoms with Gasteiger partial charge in [-0.2, -0.15) is 0 Å². The van der Waals surface area contributed by atoms with Crippen molar-refractivity contribution in [3.05, 3.63) is 23.5 Å². The average molecular weight is 312 g/mol. The number of aromatic nitrogens is 1. The van der Waals surface area contributed by atoms with Crippen LogP contribution in [0, 0.1) is 0 Å². The summed E-state index contributed by atoms with van der Waals surface area (Å²) >= 11 is 0. The molecule has 1 aliphatic carbocycles. The minimum absolute atomic E-state index is 0.248. The fraction of sp³-hybridized carbons (Fsp3) is 0.750. The van der Waals surface area contributed by atoms with Crippen molar-refractivity contribution in [2.75, 3.05) is 18.1 Å². The fourth-order valence-corrected chi connectivity index (χ4v) is 3.88. The van der Waals surface area contributed by atoms with Gasteiger partial charge in [-0.15, -0.1) is 0 Å². The summed E-state index contributed by atoms with van der Waals surface area (Å²) in [7, 11) is -2.84. The van der Waals surface area contributed by atoms with Crippen molar-refractivity contribution >= 4 is 9.84 Å². The van der Waals surface area contributed by atoms with Crippen LogP contribution < -0.4 is 5.32 Å². The topological polar surface area (TPSA) is 51.1 Å². The van der Waals surface area contributed by atoms with E-state index in [1.807, 2.05) is 0 Å². The van der Waals surface area contributed by atoms with Crippen molar-refractivity contribution in [2.45, 2.75) is 58.5 Å². The third-order valence-electron chi connectivity index (χ3n) is 4.26. The molecule has 5 heteroatoms. The Labute approximate surface area is 128 Å². The van der Waals surface area contributed by atoms with Crippen LogP contribution in [0.25, 0.3) is 0 Å². The molecule has 0 aliphatic heterocycles. The first kappa shape index (κ1) is 16.6. The van der Waals surface area contributed by atoms with Crippen molar-refractivity contribution in [3.8, 4) is 0 Å². The Kier molecular flexibility index (Phi) is 5.88. The van der Waals surface area contributed by atoms with Crippen LogP contribution >= 0.6 is 0 Å². The van der Waals surface area contributed by atoms with Crippen molar-refractivity contribution in [1.82, 2.24) is 9.88 Å². The second-order valence-electron chi connectivity index (χ2n) is 5.97. The molecule has 1 atom stereocenters. The number of nitrogens with zero attached hydrogens (tertiary/aromatic N) is 1. The largest absolute Gasteiger partial charge is 0.354 e. The zero-order chi connectivity index (χ0) is 15.3. The predicted molar refractivity (Wildman–Crippen MR) is 87.3 cm³/mol. The van der Waals surface area contributed by atoms with Gasteiger partial charge >= 0.3 is 0 Å². The Morgan fingerprint density at radius 1 is 1.33 bits per heavy atom. The summed E-state index contributed by atoms with van der Waals surface area (Å²) in [4.78, 5) is 0. The number of fused-ring (bicyclic) bond motifs is 1. The van der Waals surface area contributed by atoms with Gasteiger partial charge in [0, 0.05) is 30.7 Å². The average Bonchev–Trinajstić information content (AvgIpc) is 2.88. The number of rotatable bonds is 8. The fourth-order valence-electron chi connectivity index (χ4n) is 3.02. The summed E-state index contributed by atoms with van der Waals surface area (Å²) in [6.45, 7) is 5.76. The Morgan fingerprint density at radius 3 is 2.86 bits per heavy atom. The number of sulfone groups is 1. The lowest BCUT2D eigenvalue weighted by molar-refractivity contribution is 0.462. The number of hydrogen-bond acceptors (Lipinski definition) is 3. The van der Waals surface area contributed by atoms with Crippen LogP contribution in [-0.2, 0) is 22.8 Å². The van der Waals surface area contributed by atoms with Crippen LogP contribution in [0.1, 0.15) is 56.7 Å². The van der Waals surface area contributed by atoms with Crippen LogP contribution in [0.5, 0.6) is 0 Å². The minimum Gasteiger partial charge on any atom is -0.354 e. The van der Waals surface area contributed by atoms with Gasteiger partial charge < -0.3 is 9.88 Å². The molecule has 0 fully saturated rings. The lowest BCUT2D eigenvalue weighted by Gasteiger charge is -2.23. The summed E-state index contributed by atoms with van der Waals surface area (Å²) in [6, 6.07) is 0.481. The Balaban J connectivity index is 1.96. The van der Waals surface area contributed by atoms with Gasteiger partial charge in [-0.05, 0) is 49.8 Å². The van der Waals surface area contributed by atoms with E-state index in [-0.39, 0.29) is 5.75 Å². The first-order chi connectivity index (χ1) is 10.1. The molecule has 0 bridgehead atoms. The second-order valence-corrected chi connectivity index (χ2v) is 8.44. The normalized spacial score (nSPS) is 18.7. The third kappa shape index (κ3) is 4.58. The highest BCUT2D eigenvalue weighted by Crippen LogP contribution is 2.30. The molecule has 1 N–H and O–H groups in total.